The van der Waals surface area contributed by atoms with Gasteiger partial charge in [0.05, 0.1) is 5.69 Å². The lowest BCUT2D eigenvalue weighted by atomic mass is 10.2. The second-order valence-corrected chi connectivity index (χ2v) is 4.99. The summed E-state index contributed by atoms with van der Waals surface area (Å²) < 4.78 is 0. The molecule has 0 saturated heterocycles. The van der Waals surface area contributed by atoms with Crippen LogP contribution in [-0.4, -0.2) is 28.4 Å². The molecule has 19 heavy (non-hydrogen) atoms. The minimum absolute atomic E-state index is 0.342. The van der Waals surface area contributed by atoms with Crippen molar-refractivity contribution in [3.8, 4) is 0 Å². The highest BCUT2D eigenvalue weighted by molar-refractivity contribution is 5.91. The maximum Gasteiger partial charge on any atom is 0.283 e. The Morgan fingerprint density at radius 1 is 1.47 bits per heavy atom. The Balaban J connectivity index is 2.06. The van der Waals surface area contributed by atoms with E-state index in [4.69, 9.17) is 5.84 Å². The van der Waals surface area contributed by atoms with Crippen molar-refractivity contribution in [2.24, 2.45) is 5.84 Å². The quantitative estimate of drug-likeness (QED) is 0.478. The molecule has 104 valence electrons. The molecule has 0 aromatic carbocycles. The molecule has 5 nitrogen and oxygen atoms in total. The summed E-state index contributed by atoms with van der Waals surface area (Å²) in [4.78, 5) is 18.3. The number of rotatable bonds is 5. The van der Waals surface area contributed by atoms with Gasteiger partial charge in [0.1, 0.15) is 5.69 Å². The maximum atomic E-state index is 11.5. The van der Waals surface area contributed by atoms with Crippen LogP contribution in [0.15, 0.2) is 18.2 Å². The first-order valence-electron chi connectivity index (χ1n) is 6.95. The molecular formula is C14H22N4O. The first kappa shape index (κ1) is 14.0. The van der Waals surface area contributed by atoms with Gasteiger partial charge >= 0.3 is 0 Å². The number of aromatic nitrogens is 1. The van der Waals surface area contributed by atoms with Crippen LogP contribution in [-0.2, 0) is 6.54 Å². The first-order chi connectivity index (χ1) is 9.24. The first-order valence-corrected chi connectivity index (χ1v) is 6.95. The van der Waals surface area contributed by atoms with Crippen LogP contribution in [0.1, 0.15) is 48.8 Å². The molecule has 1 aliphatic carbocycles. The zero-order valence-electron chi connectivity index (χ0n) is 11.4. The summed E-state index contributed by atoms with van der Waals surface area (Å²) in [6.45, 7) is 3.99. The molecule has 0 unspecified atom stereocenters. The van der Waals surface area contributed by atoms with Gasteiger partial charge in [-0.25, -0.2) is 10.8 Å². The van der Waals surface area contributed by atoms with Gasteiger partial charge in [0, 0.05) is 12.6 Å². The largest absolute Gasteiger partial charge is 0.295 e. The highest BCUT2D eigenvalue weighted by atomic mass is 16.2. The molecule has 1 fully saturated rings. The summed E-state index contributed by atoms with van der Waals surface area (Å²) >= 11 is 0. The summed E-state index contributed by atoms with van der Waals surface area (Å²) in [6.07, 6.45) is 5.20. The molecule has 0 aliphatic heterocycles. The fourth-order valence-corrected chi connectivity index (χ4v) is 2.74. The van der Waals surface area contributed by atoms with Crippen LogP contribution in [0.25, 0.3) is 0 Å². The molecule has 2 rings (SSSR count). The van der Waals surface area contributed by atoms with Crippen molar-refractivity contribution in [1.29, 1.82) is 0 Å². The van der Waals surface area contributed by atoms with Crippen LogP contribution in [0.3, 0.4) is 0 Å². The number of carbonyl (C=O) groups is 1. The molecule has 1 aliphatic rings. The van der Waals surface area contributed by atoms with Crippen molar-refractivity contribution in [3.05, 3.63) is 29.6 Å². The van der Waals surface area contributed by atoms with Gasteiger partial charge in [0.15, 0.2) is 0 Å². The Morgan fingerprint density at radius 2 is 2.21 bits per heavy atom. The average molecular weight is 262 g/mol. The molecule has 0 atom stereocenters. The number of hydrazine groups is 1. The van der Waals surface area contributed by atoms with E-state index in [0.29, 0.717) is 11.7 Å². The molecule has 0 spiro atoms. The van der Waals surface area contributed by atoms with E-state index >= 15 is 0 Å². The number of hydrogen-bond acceptors (Lipinski definition) is 4. The van der Waals surface area contributed by atoms with Gasteiger partial charge < -0.3 is 0 Å². The summed E-state index contributed by atoms with van der Waals surface area (Å²) in [5, 5.41) is 0. The van der Waals surface area contributed by atoms with E-state index in [2.05, 4.69) is 22.2 Å². The number of amides is 1. The fraction of sp³-hybridized carbons (Fsp3) is 0.571. The number of nitrogens with zero attached hydrogens (tertiary/aromatic N) is 2. The van der Waals surface area contributed by atoms with Crippen molar-refractivity contribution in [2.75, 3.05) is 6.54 Å². The monoisotopic (exact) mass is 262 g/mol. The highest BCUT2D eigenvalue weighted by Crippen LogP contribution is 2.24. The van der Waals surface area contributed by atoms with Crippen molar-refractivity contribution in [2.45, 2.75) is 45.2 Å². The molecule has 1 aromatic rings. The third-order valence-corrected chi connectivity index (χ3v) is 3.78. The van der Waals surface area contributed by atoms with Gasteiger partial charge in [-0.3, -0.25) is 15.1 Å². The number of nitrogens with two attached hydrogens (primary N) is 1. The molecule has 5 heteroatoms. The van der Waals surface area contributed by atoms with E-state index in [0.717, 1.165) is 18.8 Å². The minimum atomic E-state index is -0.342. The van der Waals surface area contributed by atoms with Crippen molar-refractivity contribution >= 4 is 5.91 Å². The summed E-state index contributed by atoms with van der Waals surface area (Å²) in [7, 11) is 0. The summed E-state index contributed by atoms with van der Waals surface area (Å²) in [6, 6.07) is 6.16. The molecule has 3 N–H and O–H groups in total. The Labute approximate surface area is 114 Å². The van der Waals surface area contributed by atoms with Gasteiger partial charge in [-0.1, -0.05) is 25.8 Å². The fourth-order valence-electron chi connectivity index (χ4n) is 2.74. The average Bonchev–Trinajstić information content (AvgIpc) is 2.98. The second-order valence-electron chi connectivity index (χ2n) is 4.99. The number of carbonyl (C=O) groups excluding carboxylic acids is 1. The zero-order chi connectivity index (χ0) is 13.7. The van der Waals surface area contributed by atoms with Crippen LogP contribution in [0.2, 0.25) is 0 Å². The van der Waals surface area contributed by atoms with E-state index in [1.54, 1.807) is 6.07 Å². The highest BCUT2D eigenvalue weighted by Gasteiger charge is 2.21. The van der Waals surface area contributed by atoms with Gasteiger partial charge in [-0.05, 0) is 31.5 Å². The molecule has 1 aromatic heterocycles. The third-order valence-electron chi connectivity index (χ3n) is 3.78. The lowest BCUT2D eigenvalue weighted by Gasteiger charge is -2.27. The number of pyridine rings is 1. The molecule has 0 radical (unpaired) electrons. The number of nitrogens with one attached hydrogen (secondary N) is 1. The molecule has 0 bridgehead atoms. The predicted molar refractivity (Wildman–Crippen MR) is 74.2 cm³/mol. The van der Waals surface area contributed by atoms with Crippen LogP contribution >= 0.6 is 0 Å². The van der Waals surface area contributed by atoms with Crippen molar-refractivity contribution in [1.82, 2.24) is 15.3 Å². The predicted octanol–water partition coefficient (Wildman–Crippen LogP) is 1.45. The van der Waals surface area contributed by atoms with Gasteiger partial charge in [0.2, 0.25) is 0 Å². The van der Waals surface area contributed by atoms with Gasteiger partial charge in [-0.2, -0.15) is 0 Å². The van der Waals surface area contributed by atoms with Crippen LogP contribution in [0.4, 0.5) is 0 Å². The number of hydrogen-bond donors (Lipinski definition) is 2. The lowest BCUT2D eigenvalue weighted by molar-refractivity contribution is 0.0948. The lowest BCUT2D eigenvalue weighted by Crippen LogP contribution is -2.33. The standard InChI is InChI=1S/C14H22N4O/c1-2-18(12-7-3-4-8-12)10-11-6-5-9-13(16-11)14(19)17-15/h5-6,9,12H,2-4,7-8,10,15H2,1H3,(H,17,19). The maximum absolute atomic E-state index is 11.5. The van der Waals surface area contributed by atoms with Crippen LogP contribution in [0, 0.1) is 0 Å². The Bertz CT molecular complexity index is 429. The normalized spacial score (nSPS) is 15.9. The smallest absolute Gasteiger partial charge is 0.283 e. The zero-order valence-corrected chi connectivity index (χ0v) is 11.4. The summed E-state index contributed by atoms with van der Waals surface area (Å²) in [5.41, 5.74) is 3.42. The Hall–Kier alpha value is -1.46. The second kappa shape index (κ2) is 6.63. The third kappa shape index (κ3) is 3.52. The van der Waals surface area contributed by atoms with Gasteiger partial charge in [-0.15, -0.1) is 0 Å². The van der Waals surface area contributed by atoms with E-state index in [-0.39, 0.29) is 5.91 Å². The molecular weight excluding hydrogens is 240 g/mol. The molecule has 1 amide bonds. The van der Waals surface area contributed by atoms with E-state index in [1.807, 2.05) is 12.1 Å². The molecule has 1 heterocycles. The SMILES string of the molecule is CCN(Cc1cccc(C(=O)NN)n1)C1CCCC1. The summed E-state index contributed by atoms with van der Waals surface area (Å²) in [5.74, 6) is 4.79. The van der Waals surface area contributed by atoms with E-state index < -0.39 is 0 Å². The van der Waals surface area contributed by atoms with Crippen LogP contribution in [0.5, 0.6) is 0 Å². The molecule has 1 saturated carbocycles. The van der Waals surface area contributed by atoms with E-state index in [9.17, 15) is 4.79 Å². The topological polar surface area (TPSA) is 71.2 Å². The number of nitrogen functional groups attached to an aromatic ring is 1. The van der Waals surface area contributed by atoms with E-state index in [1.165, 1.54) is 25.7 Å². The van der Waals surface area contributed by atoms with Gasteiger partial charge in [0.25, 0.3) is 5.91 Å². The van der Waals surface area contributed by atoms with Crippen molar-refractivity contribution in [3.63, 3.8) is 0 Å². The van der Waals surface area contributed by atoms with Crippen molar-refractivity contribution < 1.29 is 4.79 Å². The minimum Gasteiger partial charge on any atom is -0.295 e. The Morgan fingerprint density at radius 3 is 2.84 bits per heavy atom. The van der Waals surface area contributed by atoms with Crippen LogP contribution < -0.4 is 11.3 Å². The Kier molecular flexibility index (Phi) is 4.87.